The zero-order chi connectivity index (χ0) is 15.9. The Morgan fingerprint density at radius 2 is 1.59 bits per heavy atom. The number of hydrogen-bond acceptors (Lipinski definition) is 4. The molecule has 0 radical (unpaired) electrons. The Hall–Kier alpha value is -1.07. The number of hydrazone groups is 1. The summed E-state index contributed by atoms with van der Waals surface area (Å²) in [6.45, 7) is 0. The van der Waals surface area contributed by atoms with E-state index in [2.05, 4.69) is 10.5 Å². The van der Waals surface area contributed by atoms with Crippen molar-refractivity contribution < 1.29 is 14.7 Å². The molecule has 7 heteroatoms. The number of hydrogen-bond donors (Lipinski definition) is 1. The van der Waals surface area contributed by atoms with E-state index in [0.717, 1.165) is 25.5 Å². The molecule has 22 heavy (non-hydrogen) atoms. The molecule has 1 amide bonds. The standard InChI is InChI=1S/C15H18Cl2N2O3/c16-11(12(17)13(20)21)7-18-19-14(22)15-4-8-1-9(5-15)3-10(2-8)6-15/h7-10H,1-6H2,(H,19,22)(H,20,21)/p-1/b12-11+,18-7+. The maximum Gasteiger partial charge on any atom is 0.246 e. The number of allylic oxidation sites excluding steroid dienone is 1. The Balaban J connectivity index is 1.65. The average Bonchev–Trinajstić information content (AvgIpc) is 2.44. The predicted molar refractivity (Wildman–Crippen MR) is 81.0 cm³/mol. The lowest BCUT2D eigenvalue weighted by atomic mass is 9.49. The number of carboxylic acid groups (broad SMARTS) is 1. The third-order valence-electron chi connectivity index (χ3n) is 5.25. The van der Waals surface area contributed by atoms with Crippen molar-refractivity contribution in [2.75, 3.05) is 0 Å². The molecule has 0 saturated heterocycles. The molecule has 0 heterocycles. The summed E-state index contributed by atoms with van der Waals surface area (Å²) in [5.41, 5.74) is 2.20. The number of nitrogens with zero attached hydrogens (tertiary/aromatic N) is 1. The summed E-state index contributed by atoms with van der Waals surface area (Å²) in [6.07, 6.45) is 7.60. The second kappa shape index (κ2) is 5.85. The quantitative estimate of drug-likeness (QED) is 0.479. The molecule has 4 saturated carbocycles. The third kappa shape index (κ3) is 2.88. The molecule has 5 nitrogen and oxygen atoms in total. The summed E-state index contributed by atoms with van der Waals surface area (Å²) in [5, 5.41) is 13.4. The van der Waals surface area contributed by atoms with Crippen molar-refractivity contribution in [3.8, 4) is 0 Å². The van der Waals surface area contributed by atoms with Crippen LogP contribution in [0.25, 0.3) is 0 Å². The molecule has 4 rings (SSSR count). The topological polar surface area (TPSA) is 81.6 Å². The van der Waals surface area contributed by atoms with Crippen LogP contribution in [0, 0.1) is 23.2 Å². The first-order valence-electron chi connectivity index (χ1n) is 7.50. The minimum Gasteiger partial charge on any atom is -0.544 e. The molecule has 0 spiro atoms. The Morgan fingerprint density at radius 3 is 2.05 bits per heavy atom. The molecule has 0 atom stereocenters. The SMILES string of the molecule is O=C([O-])/C(Cl)=C(Cl)/C=N/NC(=O)C12CC3CC(CC(C3)C1)C2. The van der Waals surface area contributed by atoms with E-state index < -0.39 is 11.0 Å². The van der Waals surface area contributed by atoms with Crippen LogP contribution in [-0.2, 0) is 9.59 Å². The van der Waals surface area contributed by atoms with Gasteiger partial charge in [0, 0.05) is 0 Å². The van der Waals surface area contributed by atoms with Gasteiger partial charge in [0.05, 0.1) is 27.7 Å². The number of carboxylic acids is 1. The highest BCUT2D eigenvalue weighted by Crippen LogP contribution is 2.60. The van der Waals surface area contributed by atoms with Crippen molar-refractivity contribution in [1.82, 2.24) is 5.43 Å². The summed E-state index contributed by atoms with van der Waals surface area (Å²) < 4.78 is 0. The number of amides is 1. The number of rotatable bonds is 4. The fourth-order valence-electron chi connectivity index (χ4n) is 4.81. The van der Waals surface area contributed by atoms with E-state index in [1.54, 1.807) is 0 Å². The summed E-state index contributed by atoms with van der Waals surface area (Å²) in [4.78, 5) is 23.1. The highest BCUT2D eigenvalue weighted by atomic mass is 35.5. The predicted octanol–water partition coefficient (Wildman–Crippen LogP) is 1.74. The average molecular weight is 344 g/mol. The lowest BCUT2D eigenvalue weighted by Crippen LogP contribution is -2.52. The second-order valence-corrected chi connectivity index (χ2v) is 7.63. The van der Waals surface area contributed by atoms with Crippen molar-refractivity contribution >= 4 is 41.3 Å². The molecule has 4 aliphatic rings. The largest absolute Gasteiger partial charge is 0.544 e. The normalized spacial score (nSPS) is 37.3. The Morgan fingerprint density at radius 1 is 1.09 bits per heavy atom. The monoisotopic (exact) mass is 343 g/mol. The van der Waals surface area contributed by atoms with E-state index in [-0.39, 0.29) is 16.4 Å². The van der Waals surface area contributed by atoms with E-state index in [1.165, 1.54) is 19.3 Å². The number of nitrogens with one attached hydrogen (secondary N) is 1. The minimum atomic E-state index is -1.58. The van der Waals surface area contributed by atoms with E-state index in [9.17, 15) is 14.7 Å². The molecule has 4 fully saturated rings. The lowest BCUT2D eigenvalue weighted by molar-refractivity contribution is -0.298. The van der Waals surface area contributed by atoms with Crippen LogP contribution in [0.1, 0.15) is 38.5 Å². The molecule has 0 aliphatic heterocycles. The minimum absolute atomic E-state index is 0.0862. The zero-order valence-corrected chi connectivity index (χ0v) is 13.5. The van der Waals surface area contributed by atoms with Crippen molar-refractivity contribution in [3.63, 3.8) is 0 Å². The maximum atomic E-state index is 12.5. The van der Waals surface area contributed by atoms with Crippen LogP contribution in [0.2, 0.25) is 0 Å². The van der Waals surface area contributed by atoms with Gasteiger partial charge in [0.1, 0.15) is 0 Å². The van der Waals surface area contributed by atoms with Crippen LogP contribution in [0.15, 0.2) is 15.2 Å². The first-order valence-corrected chi connectivity index (χ1v) is 8.25. The van der Waals surface area contributed by atoms with Crippen molar-refractivity contribution in [1.29, 1.82) is 0 Å². The Bertz CT molecular complexity index is 536. The third-order valence-corrected chi connectivity index (χ3v) is 5.99. The first kappa shape index (κ1) is 15.8. The molecular formula is C15H17Cl2N2O3-. The molecule has 4 aliphatic carbocycles. The molecule has 4 bridgehead atoms. The summed E-state index contributed by atoms with van der Waals surface area (Å²) in [5.74, 6) is 0.327. The first-order chi connectivity index (χ1) is 10.4. The fraction of sp³-hybridized carbons (Fsp3) is 0.667. The van der Waals surface area contributed by atoms with E-state index in [1.807, 2.05) is 0 Å². The summed E-state index contributed by atoms with van der Waals surface area (Å²) >= 11 is 11.1. The summed E-state index contributed by atoms with van der Waals surface area (Å²) in [6, 6.07) is 0. The van der Waals surface area contributed by atoms with Gasteiger partial charge >= 0.3 is 0 Å². The molecular weight excluding hydrogens is 327 g/mol. The highest BCUT2D eigenvalue weighted by Gasteiger charge is 2.54. The smallest absolute Gasteiger partial charge is 0.246 e. The van der Waals surface area contributed by atoms with Gasteiger partial charge in [-0.1, -0.05) is 23.2 Å². The molecule has 0 aromatic rings. The van der Waals surface area contributed by atoms with Crippen molar-refractivity contribution in [2.24, 2.45) is 28.3 Å². The summed E-state index contributed by atoms with van der Waals surface area (Å²) in [7, 11) is 0. The van der Waals surface area contributed by atoms with Crippen LogP contribution in [0.5, 0.6) is 0 Å². The van der Waals surface area contributed by atoms with Crippen LogP contribution in [0.4, 0.5) is 0 Å². The zero-order valence-electron chi connectivity index (χ0n) is 12.0. The van der Waals surface area contributed by atoms with Crippen LogP contribution < -0.4 is 10.5 Å². The van der Waals surface area contributed by atoms with Gasteiger partial charge in [0.25, 0.3) is 0 Å². The molecule has 120 valence electrons. The van der Waals surface area contributed by atoms with Gasteiger partial charge in [-0.25, -0.2) is 5.43 Å². The Labute approximate surface area is 138 Å². The van der Waals surface area contributed by atoms with Gasteiger partial charge in [0.15, 0.2) is 0 Å². The van der Waals surface area contributed by atoms with Gasteiger partial charge in [-0.3, -0.25) is 4.79 Å². The van der Waals surface area contributed by atoms with Crippen LogP contribution >= 0.6 is 23.2 Å². The number of carbonyl (C=O) groups is 2. The van der Waals surface area contributed by atoms with Crippen molar-refractivity contribution in [3.05, 3.63) is 10.1 Å². The molecule has 0 aromatic carbocycles. The molecule has 0 aromatic heterocycles. The molecule has 0 unspecified atom stereocenters. The van der Waals surface area contributed by atoms with Gasteiger partial charge in [-0.15, -0.1) is 0 Å². The van der Waals surface area contributed by atoms with Crippen LogP contribution in [0.3, 0.4) is 0 Å². The lowest BCUT2D eigenvalue weighted by Gasteiger charge is -2.55. The maximum absolute atomic E-state index is 12.5. The van der Waals surface area contributed by atoms with Crippen molar-refractivity contribution in [2.45, 2.75) is 38.5 Å². The second-order valence-electron chi connectivity index (χ2n) is 6.85. The van der Waals surface area contributed by atoms with E-state index >= 15 is 0 Å². The number of aliphatic carboxylic acids is 1. The Kier molecular flexibility index (Phi) is 4.21. The van der Waals surface area contributed by atoms with Gasteiger partial charge in [0.2, 0.25) is 5.91 Å². The van der Waals surface area contributed by atoms with Gasteiger partial charge in [-0.05, 0) is 56.3 Å². The number of halogens is 2. The number of carbonyl (C=O) groups excluding carboxylic acids is 2. The van der Waals surface area contributed by atoms with Gasteiger partial charge in [-0.2, -0.15) is 5.10 Å². The van der Waals surface area contributed by atoms with E-state index in [4.69, 9.17) is 23.2 Å². The van der Waals surface area contributed by atoms with E-state index in [0.29, 0.717) is 17.8 Å². The van der Waals surface area contributed by atoms with Gasteiger partial charge < -0.3 is 9.90 Å². The highest BCUT2D eigenvalue weighted by molar-refractivity contribution is 6.51. The van der Waals surface area contributed by atoms with Crippen LogP contribution in [-0.4, -0.2) is 18.1 Å². The fourth-order valence-corrected chi connectivity index (χ4v) is 4.98. The molecule has 1 N–H and O–H groups in total.